The van der Waals surface area contributed by atoms with Crippen LogP contribution in [0.5, 0.6) is 0 Å². The van der Waals surface area contributed by atoms with Gasteiger partial charge in [-0.25, -0.2) is 0 Å². The summed E-state index contributed by atoms with van der Waals surface area (Å²) in [5.41, 5.74) is 0. The zero-order chi connectivity index (χ0) is 14.6. The maximum Gasteiger partial charge on any atom is 0.0589 e. The molecule has 1 N–H and O–H groups in total. The van der Waals surface area contributed by atoms with Gasteiger partial charge in [0.05, 0.1) is 6.61 Å². The van der Waals surface area contributed by atoms with E-state index in [4.69, 9.17) is 9.47 Å². The van der Waals surface area contributed by atoms with Crippen molar-refractivity contribution in [3.63, 3.8) is 0 Å². The van der Waals surface area contributed by atoms with E-state index in [1.807, 2.05) is 0 Å². The number of hydrogen-bond donors (Lipinski definition) is 1. The Morgan fingerprint density at radius 3 is 2.70 bits per heavy atom. The highest BCUT2D eigenvalue weighted by Gasteiger charge is 2.12. The fourth-order valence-electron chi connectivity index (χ4n) is 2.12. The molecule has 5 heteroatoms. The lowest BCUT2D eigenvalue weighted by Crippen LogP contribution is -2.42. The molecular formula is C15H28N2O2S. The summed E-state index contributed by atoms with van der Waals surface area (Å²) in [6.45, 7) is 7.85. The van der Waals surface area contributed by atoms with Crippen LogP contribution in [0.2, 0.25) is 0 Å². The van der Waals surface area contributed by atoms with E-state index in [0.29, 0.717) is 6.04 Å². The topological polar surface area (TPSA) is 33.7 Å². The quantitative estimate of drug-likeness (QED) is 0.600. The third-order valence-corrected chi connectivity index (χ3v) is 4.20. The molecule has 1 unspecified atom stereocenters. The van der Waals surface area contributed by atoms with Crippen molar-refractivity contribution < 1.29 is 9.47 Å². The molecule has 4 nitrogen and oxygen atoms in total. The van der Waals surface area contributed by atoms with Gasteiger partial charge in [0.1, 0.15) is 0 Å². The first-order valence-corrected chi connectivity index (χ1v) is 8.11. The monoisotopic (exact) mass is 300 g/mol. The average Bonchev–Trinajstić information content (AvgIpc) is 2.95. The van der Waals surface area contributed by atoms with Crippen LogP contribution >= 0.6 is 11.3 Å². The lowest BCUT2D eigenvalue weighted by Gasteiger charge is -2.29. The van der Waals surface area contributed by atoms with E-state index >= 15 is 0 Å². The van der Waals surface area contributed by atoms with E-state index < -0.39 is 0 Å². The molecule has 1 heterocycles. The fourth-order valence-corrected chi connectivity index (χ4v) is 2.79. The van der Waals surface area contributed by atoms with Gasteiger partial charge in [-0.2, -0.15) is 0 Å². The first-order chi connectivity index (χ1) is 9.77. The zero-order valence-corrected chi connectivity index (χ0v) is 13.7. The lowest BCUT2D eigenvalue weighted by atomic mass is 10.2. The second-order valence-corrected chi connectivity index (χ2v) is 5.97. The van der Waals surface area contributed by atoms with Gasteiger partial charge in [0, 0.05) is 57.9 Å². The number of hydrogen-bond acceptors (Lipinski definition) is 5. The van der Waals surface area contributed by atoms with Gasteiger partial charge in [0.25, 0.3) is 0 Å². The van der Waals surface area contributed by atoms with Crippen LogP contribution in [0.25, 0.3) is 0 Å². The van der Waals surface area contributed by atoms with Crippen molar-refractivity contribution >= 4 is 11.3 Å². The molecule has 0 saturated carbocycles. The third kappa shape index (κ3) is 7.36. The second-order valence-electron chi connectivity index (χ2n) is 4.93. The molecule has 116 valence electrons. The summed E-state index contributed by atoms with van der Waals surface area (Å²) in [5, 5.41) is 5.65. The number of methoxy groups -OCH3 is 2. The van der Waals surface area contributed by atoms with E-state index in [1.165, 1.54) is 4.88 Å². The Balaban J connectivity index is 2.26. The molecule has 0 saturated heterocycles. The van der Waals surface area contributed by atoms with Crippen LogP contribution in [0.1, 0.15) is 18.2 Å². The van der Waals surface area contributed by atoms with Crippen molar-refractivity contribution in [3.05, 3.63) is 22.4 Å². The maximum atomic E-state index is 5.20. The summed E-state index contributed by atoms with van der Waals surface area (Å²) in [4.78, 5) is 3.85. The number of ether oxygens (including phenoxy) is 2. The van der Waals surface area contributed by atoms with Gasteiger partial charge in [0.2, 0.25) is 0 Å². The number of rotatable bonds is 12. The molecule has 1 aromatic rings. The molecule has 0 aliphatic carbocycles. The Morgan fingerprint density at radius 1 is 1.25 bits per heavy atom. The van der Waals surface area contributed by atoms with Crippen LogP contribution in [0.15, 0.2) is 17.5 Å². The Labute approximate surface area is 127 Å². The van der Waals surface area contributed by atoms with E-state index in [2.05, 4.69) is 34.7 Å². The van der Waals surface area contributed by atoms with E-state index in [9.17, 15) is 0 Å². The molecule has 0 radical (unpaired) electrons. The van der Waals surface area contributed by atoms with Crippen molar-refractivity contribution in [1.82, 2.24) is 10.2 Å². The number of nitrogens with zero attached hydrogens (tertiary/aromatic N) is 1. The maximum absolute atomic E-state index is 5.20. The molecule has 0 aliphatic heterocycles. The predicted molar refractivity (Wildman–Crippen MR) is 85.4 cm³/mol. The van der Waals surface area contributed by atoms with Crippen LogP contribution in [0.3, 0.4) is 0 Å². The van der Waals surface area contributed by atoms with Gasteiger partial charge in [0.15, 0.2) is 0 Å². The molecule has 0 amide bonds. The zero-order valence-electron chi connectivity index (χ0n) is 12.9. The van der Waals surface area contributed by atoms with Crippen LogP contribution in [0, 0.1) is 0 Å². The molecule has 1 aromatic heterocycles. The Bertz CT molecular complexity index is 320. The van der Waals surface area contributed by atoms with Crippen LogP contribution in [0.4, 0.5) is 0 Å². The van der Waals surface area contributed by atoms with Crippen LogP contribution in [-0.2, 0) is 16.0 Å². The van der Waals surface area contributed by atoms with Crippen molar-refractivity contribution in [2.75, 3.05) is 47.1 Å². The summed E-state index contributed by atoms with van der Waals surface area (Å²) in [6, 6.07) is 4.77. The first-order valence-electron chi connectivity index (χ1n) is 7.23. The molecule has 0 bridgehead atoms. The van der Waals surface area contributed by atoms with Crippen molar-refractivity contribution in [2.24, 2.45) is 0 Å². The van der Waals surface area contributed by atoms with Crippen molar-refractivity contribution in [1.29, 1.82) is 0 Å². The summed E-state index contributed by atoms with van der Waals surface area (Å²) in [6.07, 6.45) is 1.06. The fraction of sp³-hybridized carbons (Fsp3) is 0.733. The second kappa shape index (κ2) is 11.2. The van der Waals surface area contributed by atoms with E-state index in [0.717, 1.165) is 45.8 Å². The van der Waals surface area contributed by atoms with Gasteiger partial charge < -0.3 is 14.8 Å². The first kappa shape index (κ1) is 17.6. The van der Waals surface area contributed by atoms with Crippen molar-refractivity contribution in [3.8, 4) is 0 Å². The van der Waals surface area contributed by atoms with Gasteiger partial charge in [-0.15, -0.1) is 11.3 Å². The molecular weight excluding hydrogens is 272 g/mol. The minimum atomic E-state index is 0.502. The normalized spacial score (nSPS) is 13.0. The standard InChI is InChI=1S/C15H28N2O2S/c1-14(12-16-13-15-6-4-11-20-15)17(8-10-19-3)7-5-9-18-2/h4,6,11,14,16H,5,7-10,12-13H2,1-3H3. The van der Waals surface area contributed by atoms with Gasteiger partial charge in [-0.1, -0.05) is 6.07 Å². The van der Waals surface area contributed by atoms with Crippen LogP contribution < -0.4 is 5.32 Å². The average molecular weight is 300 g/mol. The molecule has 0 aliphatic rings. The largest absolute Gasteiger partial charge is 0.385 e. The van der Waals surface area contributed by atoms with Crippen molar-refractivity contribution in [2.45, 2.75) is 25.9 Å². The summed E-state index contributed by atoms with van der Waals surface area (Å²) >= 11 is 1.80. The highest BCUT2D eigenvalue weighted by Crippen LogP contribution is 2.08. The lowest BCUT2D eigenvalue weighted by molar-refractivity contribution is 0.110. The molecule has 20 heavy (non-hydrogen) atoms. The van der Waals surface area contributed by atoms with Crippen LogP contribution in [-0.4, -0.2) is 58.0 Å². The summed E-state index contributed by atoms with van der Waals surface area (Å²) < 4.78 is 10.3. The van der Waals surface area contributed by atoms with Gasteiger partial charge in [-0.3, -0.25) is 4.90 Å². The smallest absolute Gasteiger partial charge is 0.0589 e. The molecule has 0 fully saturated rings. The third-order valence-electron chi connectivity index (χ3n) is 3.32. The van der Waals surface area contributed by atoms with E-state index in [1.54, 1.807) is 25.6 Å². The molecule has 1 atom stereocenters. The highest BCUT2D eigenvalue weighted by atomic mass is 32.1. The Kier molecular flexibility index (Phi) is 9.87. The summed E-state index contributed by atoms with van der Waals surface area (Å²) in [5.74, 6) is 0. The van der Waals surface area contributed by atoms with Gasteiger partial charge >= 0.3 is 0 Å². The molecule has 1 rings (SSSR count). The molecule has 0 aromatic carbocycles. The molecule has 0 spiro atoms. The number of thiophene rings is 1. The van der Waals surface area contributed by atoms with E-state index in [-0.39, 0.29) is 0 Å². The minimum absolute atomic E-state index is 0.502. The van der Waals surface area contributed by atoms with Gasteiger partial charge in [-0.05, 0) is 24.8 Å². The Morgan fingerprint density at radius 2 is 2.05 bits per heavy atom. The number of nitrogens with one attached hydrogen (secondary N) is 1. The Hall–Kier alpha value is -0.460. The predicted octanol–water partition coefficient (Wildman–Crippen LogP) is 2.21. The SMILES string of the molecule is COCCCN(CCOC)C(C)CNCc1cccs1. The highest BCUT2D eigenvalue weighted by molar-refractivity contribution is 7.09. The summed E-state index contributed by atoms with van der Waals surface area (Å²) in [7, 11) is 3.51. The minimum Gasteiger partial charge on any atom is -0.385 e.